The molecule has 0 unspecified atom stereocenters. The van der Waals surface area contributed by atoms with Gasteiger partial charge in [0.15, 0.2) is 0 Å². The highest BCUT2D eigenvalue weighted by Crippen LogP contribution is 2.39. The van der Waals surface area contributed by atoms with E-state index in [4.69, 9.17) is 11.6 Å². The van der Waals surface area contributed by atoms with Crippen molar-refractivity contribution in [2.45, 2.75) is 6.36 Å². The van der Waals surface area contributed by atoms with Crippen LogP contribution in [0.5, 0.6) is 5.75 Å². The van der Waals surface area contributed by atoms with Crippen LogP contribution in [0.4, 0.5) is 18.9 Å². The first-order chi connectivity index (χ1) is 9.79. The first-order valence-corrected chi connectivity index (χ1v) is 5.80. The van der Waals surface area contributed by atoms with Crippen LogP contribution in [-0.2, 0) is 0 Å². The van der Waals surface area contributed by atoms with E-state index in [1.807, 2.05) is 0 Å². The van der Waals surface area contributed by atoms with E-state index in [1.165, 1.54) is 18.2 Å². The first kappa shape index (κ1) is 15.0. The molecular formula is C12H6ClF3N2O3. The molecule has 110 valence electrons. The summed E-state index contributed by atoms with van der Waals surface area (Å²) in [4.78, 5) is 13.6. The average molecular weight is 319 g/mol. The van der Waals surface area contributed by atoms with Gasteiger partial charge in [-0.1, -0.05) is 29.8 Å². The van der Waals surface area contributed by atoms with Gasteiger partial charge in [0.2, 0.25) is 0 Å². The molecular weight excluding hydrogens is 313 g/mol. The Morgan fingerprint density at radius 1 is 1.19 bits per heavy atom. The minimum atomic E-state index is -4.89. The molecule has 1 heterocycles. The first-order valence-electron chi connectivity index (χ1n) is 5.42. The third-order valence-electron chi connectivity index (χ3n) is 2.46. The molecule has 0 aliphatic carbocycles. The molecule has 9 heteroatoms. The van der Waals surface area contributed by atoms with Crippen molar-refractivity contribution < 1.29 is 22.8 Å². The lowest BCUT2D eigenvalue weighted by molar-refractivity contribution is -0.385. The third-order valence-corrected chi connectivity index (χ3v) is 2.86. The number of hydrogen-bond acceptors (Lipinski definition) is 4. The molecule has 0 radical (unpaired) electrons. The number of halogens is 4. The normalized spacial score (nSPS) is 11.2. The molecule has 0 saturated carbocycles. The molecule has 2 aromatic rings. The Morgan fingerprint density at radius 2 is 1.86 bits per heavy atom. The van der Waals surface area contributed by atoms with E-state index < -0.39 is 22.7 Å². The van der Waals surface area contributed by atoms with Gasteiger partial charge in [0.25, 0.3) is 0 Å². The lowest BCUT2D eigenvalue weighted by atomic mass is 10.1. The quantitative estimate of drug-likeness (QED) is 0.628. The predicted octanol–water partition coefficient (Wildman–Crippen LogP) is 4.21. The fourth-order valence-corrected chi connectivity index (χ4v) is 1.92. The number of aromatic nitrogens is 1. The molecule has 1 aromatic heterocycles. The van der Waals surface area contributed by atoms with Crippen LogP contribution in [0.3, 0.4) is 0 Å². The summed E-state index contributed by atoms with van der Waals surface area (Å²) in [6, 6.07) is 5.17. The molecule has 0 bridgehead atoms. The SMILES string of the molecule is O=[N+]([O-])c1cncc(-c2ccccc2OC(F)(F)F)c1Cl. The number of rotatable bonds is 3. The smallest absolute Gasteiger partial charge is 0.405 e. The highest BCUT2D eigenvalue weighted by molar-refractivity contribution is 6.35. The molecule has 0 fully saturated rings. The summed E-state index contributed by atoms with van der Waals surface area (Å²) < 4.78 is 41.0. The second-order valence-electron chi connectivity index (χ2n) is 3.82. The molecule has 5 nitrogen and oxygen atoms in total. The van der Waals surface area contributed by atoms with E-state index in [2.05, 4.69) is 9.72 Å². The second-order valence-corrected chi connectivity index (χ2v) is 4.20. The molecule has 0 aliphatic rings. The summed E-state index contributed by atoms with van der Waals surface area (Å²) in [6.45, 7) is 0. The number of alkyl halides is 3. The highest BCUT2D eigenvalue weighted by atomic mass is 35.5. The van der Waals surface area contributed by atoms with E-state index in [-0.39, 0.29) is 16.1 Å². The second kappa shape index (κ2) is 5.57. The Bertz CT molecular complexity index is 692. The monoisotopic (exact) mass is 318 g/mol. The zero-order valence-corrected chi connectivity index (χ0v) is 10.9. The summed E-state index contributed by atoms with van der Waals surface area (Å²) >= 11 is 5.86. The van der Waals surface area contributed by atoms with Gasteiger partial charge in [0.05, 0.1) is 4.92 Å². The molecule has 2 rings (SSSR count). The van der Waals surface area contributed by atoms with Crippen molar-refractivity contribution in [3.05, 3.63) is 51.8 Å². The minimum absolute atomic E-state index is 0.0225. The van der Waals surface area contributed by atoms with Gasteiger partial charge in [-0.3, -0.25) is 15.1 Å². The molecule has 0 atom stereocenters. The topological polar surface area (TPSA) is 65.3 Å². The Hall–Kier alpha value is -2.35. The van der Waals surface area contributed by atoms with Crippen LogP contribution in [0.1, 0.15) is 0 Å². The largest absolute Gasteiger partial charge is 0.573 e. The van der Waals surface area contributed by atoms with Gasteiger partial charge in [-0.2, -0.15) is 0 Å². The summed E-state index contributed by atoms with van der Waals surface area (Å²) in [5, 5.41) is 10.5. The lowest BCUT2D eigenvalue weighted by Gasteiger charge is -2.13. The van der Waals surface area contributed by atoms with Crippen molar-refractivity contribution in [2.24, 2.45) is 0 Å². The molecule has 0 aliphatic heterocycles. The van der Waals surface area contributed by atoms with Crippen molar-refractivity contribution in [1.29, 1.82) is 0 Å². The van der Waals surface area contributed by atoms with Crippen molar-refractivity contribution in [2.75, 3.05) is 0 Å². The van der Waals surface area contributed by atoms with Crippen molar-refractivity contribution in [3.63, 3.8) is 0 Å². The van der Waals surface area contributed by atoms with E-state index in [1.54, 1.807) is 0 Å². The third kappa shape index (κ3) is 3.40. The van der Waals surface area contributed by atoms with E-state index in [0.717, 1.165) is 18.5 Å². The van der Waals surface area contributed by atoms with Crippen molar-refractivity contribution >= 4 is 17.3 Å². The number of nitrogens with zero attached hydrogens (tertiary/aromatic N) is 2. The van der Waals surface area contributed by atoms with E-state index in [9.17, 15) is 23.3 Å². The van der Waals surface area contributed by atoms with Gasteiger partial charge in [0.1, 0.15) is 17.0 Å². The number of nitro groups is 1. The Balaban J connectivity index is 2.58. The van der Waals surface area contributed by atoms with Crippen LogP contribution in [0.2, 0.25) is 5.02 Å². The zero-order valence-electron chi connectivity index (χ0n) is 10.1. The van der Waals surface area contributed by atoms with Gasteiger partial charge >= 0.3 is 12.0 Å². The summed E-state index contributed by atoms with van der Waals surface area (Å²) in [6.07, 6.45) is -2.84. The molecule has 0 spiro atoms. The average Bonchev–Trinajstić information content (AvgIpc) is 2.38. The molecule has 0 saturated heterocycles. The van der Waals surface area contributed by atoms with Crippen molar-refractivity contribution in [1.82, 2.24) is 4.98 Å². The zero-order chi connectivity index (χ0) is 15.6. The Labute approximate surface area is 121 Å². The van der Waals surface area contributed by atoms with E-state index in [0.29, 0.717) is 0 Å². The number of para-hydroxylation sites is 1. The van der Waals surface area contributed by atoms with E-state index >= 15 is 0 Å². The van der Waals surface area contributed by atoms with Gasteiger partial charge in [0, 0.05) is 17.3 Å². The van der Waals surface area contributed by atoms with Crippen LogP contribution in [0.25, 0.3) is 11.1 Å². The van der Waals surface area contributed by atoms with Gasteiger partial charge in [-0.05, 0) is 6.07 Å². The molecule has 0 N–H and O–H groups in total. The minimum Gasteiger partial charge on any atom is -0.405 e. The maximum Gasteiger partial charge on any atom is 0.573 e. The Kier molecular flexibility index (Phi) is 3.99. The number of pyridine rings is 1. The standard InChI is InChI=1S/C12H6ClF3N2O3/c13-11-8(5-17-6-9(11)18(19)20)7-3-1-2-4-10(7)21-12(14,15)16/h1-6H. The molecule has 1 aromatic carbocycles. The number of hydrogen-bond donors (Lipinski definition) is 0. The maximum absolute atomic E-state index is 12.4. The summed E-state index contributed by atoms with van der Waals surface area (Å²) in [7, 11) is 0. The fourth-order valence-electron chi connectivity index (χ4n) is 1.65. The predicted molar refractivity (Wildman–Crippen MR) is 68.0 cm³/mol. The van der Waals surface area contributed by atoms with Crippen molar-refractivity contribution in [3.8, 4) is 16.9 Å². The highest BCUT2D eigenvalue weighted by Gasteiger charge is 2.32. The summed E-state index contributed by atoms with van der Waals surface area (Å²) in [5.74, 6) is -0.519. The van der Waals surface area contributed by atoms with Crippen LogP contribution in [0.15, 0.2) is 36.7 Å². The van der Waals surface area contributed by atoms with Gasteiger partial charge in [-0.15, -0.1) is 13.2 Å². The summed E-state index contributed by atoms with van der Waals surface area (Å²) in [5.41, 5.74) is -0.572. The number of ether oxygens (including phenoxy) is 1. The van der Waals surface area contributed by atoms with Crippen LogP contribution < -0.4 is 4.74 Å². The Morgan fingerprint density at radius 3 is 2.48 bits per heavy atom. The van der Waals surface area contributed by atoms with Crippen LogP contribution in [0, 0.1) is 10.1 Å². The van der Waals surface area contributed by atoms with Gasteiger partial charge in [-0.25, -0.2) is 0 Å². The van der Waals surface area contributed by atoms with Gasteiger partial charge < -0.3 is 4.74 Å². The molecule has 0 amide bonds. The maximum atomic E-state index is 12.4. The number of benzene rings is 1. The fraction of sp³-hybridized carbons (Fsp3) is 0.0833. The van der Waals surface area contributed by atoms with Crippen LogP contribution >= 0.6 is 11.6 Å². The lowest BCUT2D eigenvalue weighted by Crippen LogP contribution is -2.17. The molecule has 21 heavy (non-hydrogen) atoms. The van der Waals surface area contributed by atoms with Crippen LogP contribution in [-0.4, -0.2) is 16.3 Å².